The number of aromatic nitrogens is 3. The molecule has 2 aliphatic heterocycles. The molecular weight excluding hydrogens is 240 g/mol. The monoisotopic (exact) mass is 256 g/mol. The summed E-state index contributed by atoms with van der Waals surface area (Å²) in [6.45, 7) is 4.48. The third kappa shape index (κ3) is 1.65. The first kappa shape index (κ1) is 11.0. The number of nitrogens with zero attached hydrogens (tertiary/aromatic N) is 3. The summed E-state index contributed by atoms with van der Waals surface area (Å²) in [5.41, 5.74) is 0.920. The molecule has 1 N–H and O–H groups in total. The molecule has 0 aromatic carbocycles. The molecule has 0 atom stereocenters. The number of rotatable bonds is 1. The van der Waals surface area contributed by atoms with Crippen LogP contribution < -0.4 is 4.90 Å². The van der Waals surface area contributed by atoms with Crippen molar-refractivity contribution in [1.29, 1.82) is 0 Å². The summed E-state index contributed by atoms with van der Waals surface area (Å²) in [6.07, 6.45) is 7.23. The van der Waals surface area contributed by atoms with Crippen LogP contribution in [0.25, 0.3) is 11.0 Å². The fraction of sp³-hybridized carbons (Fsp3) is 0.429. The molecule has 1 spiro atoms. The van der Waals surface area contributed by atoms with Crippen LogP contribution in [0.2, 0.25) is 0 Å². The van der Waals surface area contributed by atoms with Crippen LogP contribution >= 0.6 is 0 Å². The molecule has 5 heteroatoms. The average molecular weight is 256 g/mol. The van der Waals surface area contributed by atoms with Gasteiger partial charge in [-0.15, -0.1) is 0 Å². The highest BCUT2D eigenvalue weighted by Crippen LogP contribution is 2.36. The number of anilines is 1. The van der Waals surface area contributed by atoms with Gasteiger partial charge in [-0.25, -0.2) is 9.97 Å². The van der Waals surface area contributed by atoms with Crippen molar-refractivity contribution in [3.63, 3.8) is 0 Å². The Labute approximate surface area is 111 Å². The van der Waals surface area contributed by atoms with E-state index in [2.05, 4.69) is 32.0 Å². The molecule has 1 fully saturated rings. The van der Waals surface area contributed by atoms with Gasteiger partial charge in [-0.2, -0.15) is 0 Å². The number of hydrogen-bond acceptors (Lipinski definition) is 4. The predicted octanol–water partition coefficient (Wildman–Crippen LogP) is 1.80. The van der Waals surface area contributed by atoms with Crippen molar-refractivity contribution >= 4 is 16.9 Å². The van der Waals surface area contributed by atoms with Gasteiger partial charge in [0.25, 0.3) is 0 Å². The third-order valence-electron chi connectivity index (χ3n) is 3.91. The van der Waals surface area contributed by atoms with Gasteiger partial charge in [-0.1, -0.05) is 12.2 Å². The van der Waals surface area contributed by atoms with Gasteiger partial charge < -0.3 is 14.6 Å². The van der Waals surface area contributed by atoms with E-state index in [9.17, 15) is 0 Å². The molecule has 0 unspecified atom stereocenters. The summed E-state index contributed by atoms with van der Waals surface area (Å²) in [5, 5.41) is 1.09. The summed E-state index contributed by atoms with van der Waals surface area (Å²) in [7, 11) is 0. The van der Waals surface area contributed by atoms with Crippen LogP contribution in [-0.4, -0.2) is 40.2 Å². The van der Waals surface area contributed by atoms with E-state index in [0.29, 0.717) is 0 Å². The normalized spacial score (nSPS) is 21.0. The van der Waals surface area contributed by atoms with E-state index in [4.69, 9.17) is 4.74 Å². The molecular formula is C14H16N4O. The van der Waals surface area contributed by atoms with E-state index in [1.165, 1.54) is 0 Å². The van der Waals surface area contributed by atoms with Crippen molar-refractivity contribution in [2.75, 3.05) is 24.6 Å². The zero-order valence-electron chi connectivity index (χ0n) is 10.9. The van der Waals surface area contributed by atoms with Crippen LogP contribution in [0, 0.1) is 6.92 Å². The minimum absolute atomic E-state index is 0.0102. The number of H-pyrrole nitrogens is 1. The second-order valence-corrected chi connectivity index (χ2v) is 5.36. The molecule has 2 aromatic heterocycles. The highest BCUT2D eigenvalue weighted by Gasteiger charge is 2.45. The summed E-state index contributed by atoms with van der Waals surface area (Å²) in [4.78, 5) is 14.4. The lowest BCUT2D eigenvalue weighted by Gasteiger charge is -2.51. The van der Waals surface area contributed by atoms with E-state index in [0.717, 1.165) is 48.8 Å². The van der Waals surface area contributed by atoms with Gasteiger partial charge >= 0.3 is 0 Å². The second-order valence-electron chi connectivity index (χ2n) is 5.36. The lowest BCUT2D eigenvalue weighted by atomic mass is 9.88. The van der Waals surface area contributed by atoms with Crippen LogP contribution in [0.15, 0.2) is 24.4 Å². The lowest BCUT2D eigenvalue weighted by molar-refractivity contribution is -0.0565. The molecule has 2 aromatic rings. The van der Waals surface area contributed by atoms with Crippen molar-refractivity contribution in [3.8, 4) is 0 Å². The Hall–Kier alpha value is -1.88. The number of fused-ring (bicyclic) bond motifs is 1. The molecule has 0 aliphatic carbocycles. The molecule has 2 aliphatic rings. The van der Waals surface area contributed by atoms with Crippen molar-refractivity contribution < 1.29 is 4.74 Å². The molecule has 0 saturated carbocycles. The Kier molecular flexibility index (Phi) is 2.20. The van der Waals surface area contributed by atoms with Crippen LogP contribution in [-0.2, 0) is 4.74 Å². The second kappa shape index (κ2) is 3.81. The van der Waals surface area contributed by atoms with Crippen molar-refractivity contribution in [3.05, 3.63) is 30.2 Å². The largest absolute Gasteiger partial charge is 0.367 e. The van der Waals surface area contributed by atoms with Crippen molar-refractivity contribution in [1.82, 2.24) is 15.0 Å². The summed E-state index contributed by atoms with van der Waals surface area (Å²) < 4.78 is 5.90. The maximum atomic E-state index is 5.90. The van der Waals surface area contributed by atoms with E-state index in [1.54, 1.807) is 0 Å². The Morgan fingerprint density at radius 3 is 3.00 bits per heavy atom. The smallest absolute Gasteiger partial charge is 0.143 e. The Morgan fingerprint density at radius 1 is 1.32 bits per heavy atom. The number of aryl methyl sites for hydroxylation is 1. The van der Waals surface area contributed by atoms with E-state index < -0.39 is 0 Å². The van der Waals surface area contributed by atoms with Crippen LogP contribution in [0.1, 0.15) is 12.2 Å². The van der Waals surface area contributed by atoms with Gasteiger partial charge in [0.05, 0.1) is 25.1 Å². The van der Waals surface area contributed by atoms with Crippen molar-refractivity contribution in [2.24, 2.45) is 0 Å². The topological polar surface area (TPSA) is 54.0 Å². The number of aromatic amines is 1. The fourth-order valence-corrected chi connectivity index (χ4v) is 2.94. The maximum Gasteiger partial charge on any atom is 0.143 e. The molecule has 98 valence electrons. The number of hydrogen-bond donors (Lipinski definition) is 1. The van der Waals surface area contributed by atoms with Crippen LogP contribution in [0.4, 0.5) is 5.82 Å². The van der Waals surface area contributed by atoms with Gasteiger partial charge in [-0.3, -0.25) is 0 Å². The molecule has 4 heterocycles. The molecule has 0 radical (unpaired) electrons. The lowest BCUT2D eigenvalue weighted by Crippen LogP contribution is -2.64. The third-order valence-corrected chi connectivity index (χ3v) is 3.91. The minimum atomic E-state index is 0.0102. The van der Waals surface area contributed by atoms with Gasteiger partial charge in [0, 0.05) is 6.20 Å². The van der Waals surface area contributed by atoms with Crippen LogP contribution in [0.3, 0.4) is 0 Å². The summed E-state index contributed by atoms with van der Waals surface area (Å²) >= 11 is 0. The molecule has 4 rings (SSSR count). The van der Waals surface area contributed by atoms with Gasteiger partial charge in [0.1, 0.15) is 22.9 Å². The SMILES string of the molecule is Cc1nc(N2CC3(CC=CCO3)C2)c2cc[nH]c2n1. The number of nitrogens with one attached hydrogen (secondary N) is 1. The first-order chi connectivity index (χ1) is 9.26. The molecule has 5 nitrogen and oxygen atoms in total. The quantitative estimate of drug-likeness (QED) is 0.790. The van der Waals surface area contributed by atoms with E-state index >= 15 is 0 Å². The zero-order chi connectivity index (χ0) is 12.9. The molecule has 19 heavy (non-hydrogen) atoms. The Balaban J connectivity index is 1.66. The zero-order valence-corrected chi connectivity index (χ0v) is 10.9. The maximum absolute atomic E-state index is 5.90. The summed E-state index contributed by atoms with van der Waals surface area (Å²) in [6, 6.07) is 2.04. The first-order valence-corrected chi connectivity index (χ1v) is 6.61. The Morgan fingerprint density at radius 2 is 2.21 bits per heavy atom. The fourth-order valence-electron chi connectivity index (χ4n) is 2.94. The molecule has 0 bridgehead atoms. The van der Waals surface area contributed by atoms with E-state index in [-0.39, 0.29) is 5.60 Å². The van der Waals surface area contributed by atoms with Gasteiger partial charge in [0.15, 0.2) is 0 Å². The number of ether oxygens (including phenoxy) is 1. The van der Waals surface area contributed by atoms with E-state index in [1.807, 2.05) is 19.2 Å². The van der Waals surface area contributed by atoms with Gasteiger partial charge in [-0.05, 0) is 19.4 Å². The van der Waals surface area contributed by atoms with Crippen molar-refractivity contribution in [2.45, 2.75) is 18.9 Å². The Bertz CT molecular complexity index is 655. The molecule has 0 amide bonds. The minimum Gasteiger partial charge on any atom is -0.367 e. The first-order valence-electron chi connectivity index (χ1n) is 6.61. The molecule has 1 saturated heterocycles. The van der Waals surface area contributed by atoms with Gasteiger partial charge in [0.2, 0.25) is 0 Å². The summed E-state index contributed by atoms with van der Waals surface area (Å²) in [5.74, 6) is 1.82. The predicted molar refractivity (Wildman–Crippen MR) is 73.3 cm³/mol. The standard InChI is InChI=1S/C14H16N4O/c1-10-16-12-11(4-6-15-12)13(17-10)18-8-14(9-18)5-2-3-7-19-14/h2-4,6H,5,7-9H2,1H3,(H,15,16,17). The average Bonchev–Trinajstić information content (AvgIpc) is 2.84. The highest BCUT2D eigenvalue weighted by atomic mass is 16.5. The van der Waals surface area contributed by atoms with Crippen LogP contribution in [0.5, 0.6) is 0 Å². The highest BCUT2D eigenvalue weighted by molar-refractivity contribution is 5.88.